The van der Waals surface area contributed by atoms with Gasteiger partial charge in [0, 0.05) is 13.1 Å². The van der Waals surface area contributed by atoms with Crippen molar-refractivity contribution in [1.29, 1.82) is 0 Å². The van der Waals surface area contributed by atoms with E-state index in [4.69, 9.17) is 0 Å². The molecule has 0 aliphatic heterocycles. The molecule has 128 valence electrons. The molecule has 2 aromatic carbocycles. The number of hydrogen-bond acceptors (Lipinski definition) is 2. The highest BCUT2D eigenvalue weighted by molar-refractivity contribution is 5.92. The van der Waals surface area contributed by atoms with Crippen LogP contribution in [-0.2, 0) is 11.8 Å². The number of benzene rings is 2. The van der Waals surface area contributed by atoms with Crippen molar-refractivity contribution in [2.45, 2.75) is 26.8 Å². The predicted octanol–water partition coefficient (Wildman–Crippen LogP) is 4.08. The molecule has 1 amide bonds. The van der Waals surface area contributed by atoms with E-state index in [1.54, 1.807) is 6.08 Å². The molecule has 0 spiro atoms. The maximum Gasteiger partial charge on any atom is 0.244 e. The van der Waals surface area contributed by atoms with E-state index in [9.17, 15) is 4.79 Å². The first-order chi connectivity index (χ1) is 12.0. The fraction of sp³-hybridized carbons (Fsp3) is 0.238. The molecular weight excluding hydrogens is 310 g/mol. The summed E-state index contributed by atoms with van der Waals surface area (Å²) in [6.07, 6.45) is 3.43. The fourth-order valence-electron chi connectivity index (χ4n) is 3.06. The van der Waals surface area contributed by atoms with Gasteiger partial charge >= 0.3 is 0 Å². The number of nitrogens with zero attached hydrogens (tertiary/aromatic N) is 2. The molecule has 1 aromatic heterocycles. The SMILES string of the molecule is Cc1ccc(/C=C/C(=O)NC(C)c2nc3ccccc3n2C)c(C)c1. The van der Waals surface area contributed by atoms with Crippen LogP contribution in [0.1, 0.15) is 35.5 Å². The number of imidazole rings is 1. The maximum absolute atomic E-state index is 12.3. The van der Waals surface area contributed by atoms with E-state index in [0.29, 0.717) is 0 Å². The Morgan fingerprint density at radius 1 is 1.20 bits per heavy atom. The van der Waals surface area contributed by atoms with E-state index in [1.807, 2.05) is 67.9 Å². The summed E-state index contributed by atoms with van der Waals surface area (Å²) >= 11 is 0. The molecular formula is C21H23N3O. The average Bonchev–Trinajstić information content (AvgIpc) is 2.91. The first-order valence-corrected chi connectivity index (χ1v) is 8.43. The number of carbonyl (C=O) groups excluding carboxylic acids is 1. The van der Waals surface area contributed by atoms with Gasteiger partial charge in [0.15, 0.2) is 0 Å². The lowest BCUT2D eigenvalue weighted by molar-refractivity contribution is -0.117. The van der Waals surface area contributed by atoms with Gasteiger partial charge in [-0.05, 0) is 50.1 Å². The largest absolute Gasteiger partial charge is 0.343 e. The number of aromatic nitrogens is 2. The van der Waals surface area contributed by atoms with Crippen molar-refractivity contribution in [2.75, 3.05) is 0 Å². The normalized spacial score (nSPS) is 12.6. The van der Waals surface area contributed by atoms with Crippen molar-refractivity contribution < 1.29 is 4.79 Å². The lowest BCUT2D eigenvalue weighted by Gasteiger charge is -2.12. The van der Waals surface area contributed by atoms with E-state index >= 15 is 0 Å². The van der Waals surface area contributed by atoms with Crippen molar-refractivity contribution in [1.82, 2.24) is 14.9 Å². The number of amides is 1. The first-order valence-electron chi connectivity index (χ1n) is 8.43. The van der Waals surface area contributed by atoms with Gasteiger partial charge in [-0.3, -0.25) is 4.79 Å². The zero-order valence-electron chi connectivity index (χ0n) is 15.1. The second-order valence-electron chi connectivity index (χ2n) is 6.44. The van der Waals surface area contributed by atoms with Gasteiger partial charge in [-0.15, -0.1) is 0 Å². The lowest BCUT2D eigenvalue weighted by Crippen LogP contribution is -2.26. The molecule has 0 aliphatic rings. The number of hydrogen-bond donors (Lipinski definition) is 1. The van der Waals surface area contributed by atoms with Gasteiger partial charge in [-0.25, -0.2) is 4.98 Å². The molecule has 3 aromatic rings. The topological polar surface area (TPSA) is 46.9 Å². The third-order valence-corrected chi connectivity index (χ3v) is 4.41. The predicted molar refractivity (Wildman–Crippen MR) is 102 cm³/mol. The molecule has 0 saturated heterocycles. The third kappa shape index (κ3) is 3.63. The van der Waals surface area contributed by atoms with Crippen LogP contribution in [0.15, 0.2) is 48.5 Å². The molecule has 1 atom stereocenters. The van der Waals surface area contributed by atoms with Crippen LogP contribution in [0.5, 0.6) is 0 Å². The van der Waals surface area contributed by atoms with Crippen LogP contribution in [0.4, 0.5) is 0 Å². The van der Waals surface area contributed by atoms with Crippen LogP contribution < -0.4 is 5.32 Å². The van der Waals surface area contributed by atoms with E-state index in [-0.39, 0.29) is 11.9 Å². The highest BCUT2D eigenvalue weighted by Gasteiger charge is 2.15. The maximum atomic E-state index is 12.3. The summed E-state index contributed by atoms with van der Waals surface area (Å²) in [5, 5.41) is 2.99. The molecule has 0 fully saturated rings. The minimum absolute atomic E-state index is 0.125. The third-order valence-electron chi connectivity index (χ3n) is 4.41. The quantitative estimate of drug-likeness (QED) is 0.731. The Morgan fingerprint density at radius 2 is 1.96 bits per heavy atom. The van der Waals surface area contributed by atoms with Crippen LogP contribution in [0.3, 0.4) is 0 Å². The summed E-state index contributed by atoms with van der Waals surface area (Å²) < 4.78 is 2.02. The molecule has 1 unspecified atom stereocenters. The highest BCUT2D eigenvalue weighted by atomic mass is 16.1. The van der Waals surface area contributed by atoms with Crippen molar-refractivity contribution in [3.63, 3.8) is 0 Å². The Labute approximate surface area is 148 Å². The van der Waals surface area contributed by atoms with Crippen LogP contribution >= 0.6 is 0 Å². The number of aryl methyl sites for hydroxylation is 3. The second-order valence-corrected chi connectivity index (χ2v) is 6.44. The zero-order chi connectivity index (χ0) is 18.0. The van der Waals surface area contributed by atoms with Gasteiger partial charge in [0.05, 0.1) is 17.1 Å². The average molecular weight is 333 g/mol. The summed E-state index contributed by atoms with van der Waals surface area (Å²) in [5.74, 6) is 0.717. The number of nitrogens with one attached hydrogen (secondary N) is 1. The van der Waals surface area contributed by atoms with Crippen LogP contribution in [0, 0.1) is 13.8 Å². The fourth-order valence-corrected chi connectivity index (χ4v) is 3.06. The highest BCUT2D eigenvalue weighted by Crippen LogP contribution is 2.19. The van der Waals surface area contributed by atoms with Gasteiger partial charge in [-0.2, -0.15) is 0 Å². The molecule has 0 bridgehead atoms. The van der Waals surface area contributed by atoms with Crippen LogP contribution in [0.2, 0.25) is 0 Å². The van der Waals surface area contributed by atoms with Gasteiger partial charge in [0.1, 0.15) is 5.82 Å². The van der Waals surface area contributed by atoms with E-state index in [1.165, 1.54) is 5.56 Å². The Bertz CT molecular complexity index is 953. The van der Waals surface area contributed by atoms with Crippen molar-refractivity contribution in [2.24, 2.45) is 7.05 Å². The van der Waals surface area contributed by atoms with Crippen LogP contribution in [0.25, 0.3) is 17.1 Å². The second kappa shape index (κ2) is 6.93. The number of carbonyl (C=O) groups is 1. The van der Waals surface area contributed by atoms with Gasteiger partial charge in [-0.1, -0.05) is 35.9 Å². The Balaban J connectivity index is 1.73. The molecule has 3 rings (SSSR count). The summed E-state index contributed by atoms with van der Waals surface area (Å²) in [6, 6.07) is 14.0. The zero-order valence-corrected chi connectivity index (χ0v) is 15.1. The van der Waals surface area contributed by atoms with Crippen molar-refractivity contribution in [3.05, 3.63) is 71.1 Å². The van der Waals surface area contributed by atoms with E-state index in [2.05, 4.69) is 23.3 Å². The summed E-state index contributed by atoms with van der Waals surface area (Å²) in [6.45, 7) is 6.06. The van der Waals surface area contributed by atoms with Crippen LogP contribution in [-0.4, -0.2) is 15.5 Å². The number of para-hydroxylation sites is 2. The molecule has 25 heavy (non-hydrogen) atoms. The lowest BCUT2D eigenvalue weighted by atomic mass is 10.1. The Kier molecular flexibility index (Phi) is 4.70. The van der Waals surface area contributed by atoms with Gasteiger partial charge < -0.3 is 9.88 Å². The minimum Gasteiger partial charge on any atom is -0.343 e. The van der Waals surface area contributed by atoms with Crippen molar-refractivity contribution in [3.8, 4) is 0 Å². The smallest absolute Gasteiger partial charge is 0.244 e. The molecule has 1 N–H and O–H groups in total. The summed E-state index contributed by atoms with van der Waals surface area (Å²) in [5.41, 5.74) is 5.43. The molecule has 0 saturated carbocycles. The molecule has 4 heteroatoms. The summed E-state index contributed by atoms with van der Waals surface area (Å²) in [4.78, 5) is 16.9. The van der Waals surface area contributed by atoms with Gasteiger partial charge in [0.25, 0.3) is 0 Å². The Hall–Kier alpha value is -2.88. The summed E-state index contributed by atoms with van der Waals surface area (Å²) in [7, 11) is 1.97. The van der Waals surface area contributed by atoms with E-state index in [0.717, 1.165) is 28.0 Å². The van der Waals surface area contributed by atoms with E-state index < -0.39 is 0 Å². The molecule has 1 heterocycles. The molecule has 0 aliphatic carbocycles. The Morgan fingerprint density at radius 3 is 2.68 bits per heavy atom. The monoisotopic (exact) mass is 333 g/mol. The standard InChI is InChI=1S/C21H23N3O/c1-14-9-10-17(15(2)13-14)11-12-20(25)22-16(3)21-23-18-7-5-6-8-19(18)24(21)4/h5-13,16H,1-4H3,(H,22,25)/b12-11+. The first kappa shape index (κ1) is 17.0. The molecule has 0 radical (unpaired) electrons. The number of rotatable bonds is 4. The van der Waals surface area contributed by atoms with Gasteiger partial charge in [0.2, 0.25) is 5.91 Å². The molecule has 4 nitrogen and oxygen atoms in total. The minimum atomic E-state index is -0.173. The van der Waals surface area contributed by atoms with Crippen molar-refractivity contribution >= 4 is 23.0 Å². The number of fused-ring (bicyclic) bond motifs is 1.